The van der Waals surface area contributed by atoms with Gasteiger partial charge in [0.15, 0.2) is 0 Å². The molecule has 1 rings (SSSR count). The maximum atomic E-state index is 12.1. The molecule has 1 unspecified atom stereocenters. The minimum atomic E-state index is -1.06. The molecule has 0 aliphatic carbocycles. The molecule has 3 heteroatoms. The molecule has 0 aliphatic rings. The van der Waals surface area contributed by atoms with Gasteiger partial charge in [0, 0.05) is 1.43 Å². The number of benzene rings is 1. The lowest BCUT2D eigenvalue weighted by molar-refractivity contribution is -0.162. The van der Waals surface area contributed by atoms with E-state index in [0.29, 0.717) is 12.8 Å². The molecule has 0 radical (unpaired) electrons. The first-order valence-corrected chi connectivity index (χ1v) is 7.03. The molecule has 1 atom stereocenters. The van der Waals surface area contributed by atoms with Crippen LogP contribution in [0.2, 0.25) is 0 Å². The van der Waals surface area contributed by atoms with E-state index in [1.807, 2.05) is 31.2 Å². The Balaban J connectivity index is 0.00000400. The van der Waals surface area contributed by atoms with Crippen molar-refractivity contribution in [2.24, 2.45) is 5.41 Å². The number of carbonyl (C=O) groups excluding carboxylic acids is 2. The molecule has 0 bridgehead atoms. The maximum absolute atomic E-state index is 12.1. The minimum Gasteiger partial charge on any atom is -0.462 e. The molecule has 0 saturated carbocycles. The lowest BCUT2D eigenvalue weighted by Gasteiger charge is -2.25. The van der Waals surface area contributed by atoms with Crippen molar-refractivity contribution >= 4 is 11.8 Å². The maximum Gasteiger partial charge on any atom is 0.319 e. The van der Waals surface area contributed by atoms with Gasteiger partial charge in [-0.15, -0.1) is 0 Å². The number of Topliss-reactive ketones (excluding diaryl/α,β-unsaturated/α-hetero) is 1. The van der Waals surface area contributed by atoms with E-state index in [4.69, 9.17) is 4.74 Å². The third-order valence-corrected chi connectivity index (χ3v) is 3.60. The highest BCUT2D eigenvalue weighted by molar-refractivity contribution is 6.02. The summed E-state index contributed by atoms with van der Waals surface area (Å²) >= 11 is 0. The Morgan fingerprint density at radius 2 is 1.80 bits per heavy atom. The van der Waals surface area contributed by atoms with Gasteiger partial charge in [-0.3, -0.25) is 9.59 Å². The van der Waals surface area contributed by atoms with Crippen molar-refractivity contribution in [3.05, 3.63) is 35.4 Å². The quantitative estimate of drug-likeness (QED) is 0.588. The number of aryl methyl sites for hydroxylation is 2. The summed E-state index contributed by atoms with van der Waals surface area (Å²) in [5.41, 5.74) is 1.26. The molecular formula is C17H26O3. The van der Waals surface area contributed by atoms with Gasteiger partial charge < -0.3 is 4.74 Å². The van der Waals surface area contributed by atoms with E-state index >= 15 is 0 Å². The van der Waals surface area contributed by atoms with Gasteiger partial charge in [0.2, 0.25) is 0 Å². The van der Waals surface area contributed by atoms with E-state index in [-0.39, 0.29) is 13.3 Å². The van der Waals surface area contributed by atoms with E-state index in [1.165, 1.54) is 12.5 Å². The van der Waals surface area contributed by atoms with E-state index in [2.05, 4.69) is 0 Å². The van der Waals surface area contributed by atoms with Crippen LogP contribution in [-0.4, -0.2) is 17.9 Å². The van der Waals surface area contributed by atoms with Crippen LogP contribution in [0.15, 0.2) is 24.3 Å². The first-order chi connectivity index (χ1) is 9.25. The second-order valence-corrected chi connectivity index (χ2v) is 5.83. The van der Waals surface area contributed by atoms with Crippen LogP contribution in [0.4, 0.5) is 0 Å². The zero-order valence-corrected chi connectivity index (χ0v) is 13.0. The Morgan fingerprint density at radius 1 is 1.25 bits per heavy atom. The van der Waals surface area contributed by atoms with Gasteiger partial charge in [0.05, 0.1) is 6.10 Å². The minimum absolute atomic E-state index is 0. The molecule has 1 aromatic rings. The van der Waals surface area contributed by atoms with E-state index in [1.54, 1.807) is 20.8 Å². The molecule has 0 spiro atoms. The van der Waals surface area contributed by atoms with E-state index in [9.17, 15) is 9.59 Å². The fourth-order valence-corrected chi connectivity index (χ4v) is 1.92. The van der Waals surface area contributed by atoms with Crippen LogP contribution in [0.5, 0.6) is 0 Å². The van der Waals surface area contributed by atoms with Crippen molar-refractivity contribution in [3.8, 4) is 0 Å². The molecule has 0 saturated heterocycles. The standard InChI is InChI=1S/C17H24O3.H2/c1-12(2)20-16(19)17(5,14(4)18)11-10-15-8-6-13(3)7-9-15;/h6-9,12H,10-11H2,1-5H3;1H. The first-order valence-electron chi connectivity index (χ1n) is 7.03. The molecular weight excluding hydrogens is 252 g/mol. The summed E-state index contributed by atoms with van der Waals surface area (Å²) in [4.78, 5) is 24.0. The predicted octanol–water partition coefficient (Wildman–Crippen LogP) is 3.72. The molecule has 0 aromatic heterocycles. The molecule has 0 heterocycles. The molecule has 0 N–H and O–H groups in total. The highest BCUT2D eigenvalue weighted by Crippen LogP contribution is 2.27. The van der Waals surface area contributed by atoms with Gasteiger partial charge >= 0.3 is 5.97 Å². The van der Waals surface area contributed by atoms with Gasteiger partial charge in [0.25, 0.3) is 0 Å². The van der Waals surface area contributed by atoms with Gasteiger partial charge in [-0.25, -0.2) is 0 Å². The SMILES string of the molecule is CC(=O)C(C)(CCc1ccc(C)cc1)C(=O)OC(C)C.[HH]. The predicted molar refractivity (Wildman–Crippen MR) is 81.6 cm³/mol. The lowest BCUT2D eigenvalue weighted by Crippen LogP contribution is -2.38. The largest absolute Gasteiger partial charge is 0.462 e. The molecule has 0 aliphatic heterocycles. The average molecular weight is 278 g/mol. The number of rotatable bonds is 6. The monoisotopic (exact) mass is 278 g/mol. The molecule has 112 valence electrons. The highest BCUT2D eigenvalue weighted by atomic mass is 16.5. The molecule has 0 amide bonds. The van der Waals surface area contributed by atoms with Crippen LogP contribution in [-0.2, 0) is 20.7 Å². The molecule has 1 aromatic carbocycles. The van der Waals surface area contributed by atoms with Crippen molar-refractivity contribution < 1.29 is 15.8 Å². The normalized spacial score (nSPS) is 13.9. The van der Waals surface area contributed by atoms with Crippen molar-refractivity contribution in [2.75, 3.05) is 0 Å². The second kappa shape index (κ2) is 6.69. The number of ether oxygens (including phenoxy) is 1. The summed E-state index contributed by atoms with van der Waals surface area (Å²) < 4.78 is 5.22. The smallest absolute Gasteiger partial charge is 0.319 e. The Labute approximate surface area is 122 Å². The molecule has 3 nitrogen and oxygen atoms in total. The summed E-state index contributed by atoms with van der Waals surface area (Å²) in [6.07, 6.45) is 0.945. The van der Waals surface area contributed by atoms with Crippen molar-refractivity contribution in [3.63, 3.8) is 0 Å². The Kier molecular flexibility index (Phi) is 5.49. The van der Waals surface area contributed by atoms with Gasteiger partial charge in [0.1, 0.15) is 11.2 Å². The van der Waals surface area contributed by atoms with Crippen LogP contribution in [0.25, 0.3) is 0 Å². The summed E-state index contributed by atoms with van der Waals surface area (Å²) in [6.45, 7) is 8.74. The van der Waals surface area contributed by atoms with Crippen molar-refractivity contribution in [2.45, 2.75) is 53.6 Å². The highest BCUT2D eigenvalue weighted by Gasteiger charge is 2.39. The topological polar surface area (TPSA) is 43.4 Å². The molecule has 0 fully saturated rings. The lowest BCUT2D eigenvalue weighted by atomic mass is 9.80. The number of hydrogen-bond acceptors (Lipinski definition) is 3. The first kappa shape index (κ1) is 16.4. The number of ketones is 1. The average Bonchev–Trinajstić information content (AvgIpc) is 2.36. The van der Waals surface area contributed by atoms with Crippen LogP contribution >= 0.6 is 0 Å². The van der Waals surface area contributed by atoms with Gasteiger partial charge in [-0.2, -0.15) is 0 Å². The summed E-state index contributed by atoms with van der Waals surface area (Å²) in [6, 6.07) is 8.13. The zero-order valence-electron chi connectivity index (χ0n) is 13.0. The van der Waals surface area contributed by atoms with Crippen LogP contribution in [0, 0.1) is 12.3 Å². The molecule has 20 heavy (non-hydrogen) atoms. The van der Waals surface area contributed by atoms with E-state index in [0.717, 1.165) is 5.56 Å². The summed E-state index contributed by atoms with van der Waals surface area (Å²) in [7, 11) is 0. The second-order valence-electron chi connectivity index (χ2n) is 5.83. The van der Waals surface area contributed by atoms with Crippen LogP contribution in [0.1, 0.15) is 46.7 Å². The van der Waals surface area contributed by atoms with Crippen molar-refractivity contribution in [1.82, 2.24) is 0 Å². The third-order valence-electron chi connectivity index (χ3n) is 3.60. The number of esters is 1. The van der Waals surface area contributed by atoms with E-state index < -0.39 is 11.4 Å². The summed E-state index contributed by atoms with van der Waals surface area (Å²) in [5, 5.41) is 0. The van der Waals surface area contributed by atoms with Crippen LogP contribution < -0.4 is 0 Å². The number of carbonyl (C=O) groups is 2. The number of hydrogen-bond donors (Lipinski definition) is 0. The van der Waals surface area contributed by atoms with Gasteiger partial charge in [-0.1, -0.05) is 29.8 Å². The Morgan fingerprint density at radius 3 is 2.25 bits per heavy atom. The fraction of sp³-hybridized carbons (Fsp3) is 0.529. The Bertz CT molecular complexity index is 479. The van der Waals surface area contributed by atoms with Crippen LogP contribution in [0.3, 0.4) is 0 Å². The summed E-state index contributed by atoms with van der Waals surface area (Å²) in [5.74, 6) is -0.567. The van der Waals surface area contributed by atoms with Crippen molar-refractivity contribution in [1.29, 1.82) is 0 Å². The Hall–Kier alpha value is -1.64. The zero-order chi connectivity index (χ0) is 15.3. The fourth-order valence-electron chi connectivity index (χ4n) is 1.92. The third kappa shape index (κ3) is 4.19. The van der Waals surface area contributed by atoms with Gasteiger partial charge in [-0.05, 0) is 53.0 Å².